The molecule has 0 saturated carbocycles. The molecule has 0 radical (unpaired) electrons. The van der Waals surface area contributed by atoms with Crippen LogP contribution in [0.3, 0.4) is 0 Å². The van der Waals surface area contributed by atoms with Crippen LogP contribution in [-0.4, -0.2) is 4.57 Å². The number of para-hydroxylation sites is 1. The maximum absolute atomic E-state index is 2.65. The van der Waals surface area contributed by atoms with Crippen LogP contribution in [0.15, 0.2) is 237 Å². The Balaban J connectivity index is 1.06. The van der Waals surface area contributed by atoms with Gasteiger partial charge in [0.25, 0.3) is 0 Å². The van der Waals surface area contributed by atoms with Crippen LogP contribution in [-0.2, 0) is 10.8 Å². The van der Waals surface area contributed by atoms with Crippen LogP contribution in [0.1, 0.15) is 49.9 Å². The van der Waals surface area contributed by atoms with Crippen molar-refractivity contribution in [1.82, 2.24) is 4.57 Å². The Morgan fingerprint density at radius 3 is 1.07 bits per heavy atom. The van der Waals surface area contributed by atoms with E-state index in [1.807, 2.05) is 0 Å². The summed E-state index contributed by atoms with van der Waals surface area (Å²) in [6, 6.07) is 87.8. The van der Waals surface area contributed by atoms with Gasteiger partial charge in [-0.3, -0.25) is 0 Å². The Bertz CT molecular complexity index is 3820. The first kappa shape index (κ1) is 41.3. The normalized spacial score (nSPS) is 13.9. The highest BCUT2D eigenvalue weighted by Crippen LogP contribution is 2.58. The summed E-state index contributed by atoms with van der Waals surface area (Å²) >= 11 is 0. The van der Waals surface area contributed by atoms with E-state index < -0.39 is 0 Å². The first-order chi connectivity index (χ1) is 34.7. The number of aromatic nitrogens is 1. The fraction of sp³-hybridized carbons (Fsp3) is 0.0882. The molecule has 0 unspecified atom stereocenters. The largest absolute Gasteiger partial charge is 0.310 e. The lowest BCUT2D eigenvalue weighted by molar-refractivity contribution is 0.593. The molecule has 71 heavy (non-hydrogen) atoms. The molecule has 2 aliphatic rings. The molecule has 0 N–H and O–H groups in total. The molecule has 0 fully saturated rings. The zero-order valence-electron chi connectivity index (χ0n) is 40.4. The molecule has 0 atom stereocenters. The average Bonchev–Trinajstić information content (AvgIpc) is 3.74. The van der Waals surface area contributed by atoms with Gasteiger partial charge in [0.05, 0.1) is 16.7 Å². The van der Waals surface area contributed by atoms with Gasteiger partial charge in [-0.25, -0.2) is 0 Å². The molecule has 0 saturated heterocycles. The standard InChI is InChI=1S/C68H51N3/c1-67(2)60-24-15-25-61-66(60)71-64-58(40-56(42-62(64)67)69(54-36-30-46-20-11-13-22-50(46)38-54)52-32-26-48(27-33-52)44-16-7-5-8-17-44)59-41-57(43-63(65(59)71)68(61,3)4)70(55-37-31-47-21-12-14-23-51(47)39-55)53-34-28-49(29-35-53)45-18-9-6-10-19-45/h5-43H,1-4H3. The topological polar surface area (TPSA) is 11.4 Å². The van der Waals surface area contributed by atoms with Gasteiger partial charge in [0, 0.05) is 55.7 Å². The van der Waals surface area contributed by atoms with Gasteiger partial charge in [0.2, 0.25) is 0 Å². The van der Waals surface area contributed by atoms with Gasteiger partial charge in [0.1, 0.15) is 0 Å². The molecule has 3 heteroatoms. The molecule has 2 aliphatic heterocycles. The zero-order valence-corrected chi connectivity index (χ0v) is 40.4. The number of hydrogen-bond acceptors (Lipinski definition) is 2. The van der Waals surface area contributed by atoms with Gasteiger partial charge in [-0.05, 0) is 139 Å². The lowest BCUT2D eigenvalue weighted by atomic mass is 9.68. The molecule has 338 valence electrons. The number of hydrogen-bond donors (Lipinski definition) is 0. The van der Waals surface area contributed by atoms with E-state index in [2.05, 4.69) is 279 Å². The van der Waals surface area contributed by atoms with Crippen molar-refractivity contribution in [1.29, 1.82) is 0 Å². The maximum Gasteiger partial charge on any atom is 0.0583 e. The second-order valence-corrected chi connectivity index (χ2v) is 20.6. The molecule has 3 nitrogen and oxygen atoms in total. The van der Waals surface area contributed by atoms with Crippen LogP contribution >= 0.6 is 0 Å². The number of rotatable bonds is 8. The molecular weight excluding hydrogens is 859 g/mol. The maximum atomic E-state index is 2.65. The van der Waals surface area contributed by atoms with E-state index in [-0.39, 0.29) is 10.8 Å². The summed E-state index contributed by atoms with van der Waals surface area (Å²) < 4.78 is 2.65. The third-order valence-corrected chi connectivity index (χ3v) is 15.8. The lowest BCUT2D eigenvalue weighted by Gasteiger charge is -2.42. The van der Waals surface area contributed by atoms with Gasteiger partial charge in [-0.15, -0.1) is 0 Å². The summed E-state index contributed by atoms with van der Waals surface area (Å²) in [5, 5.41) is 7.39. The highest BCUT2D eigenvalue weighted by molar-refractivity contribution is 6.16. The molecule has 12 aromatic rings. The Labute approximate surface area is 415 Å². The molecule has 3 heterocycles. The van der Waals surface area contributed by atoms with Crippen LogP contribution in [0, 0.1) is 0 Å². The number of fused-ring (bicyclic) bond motifs is 3. The third kappa shape index (κ3) is 6.29. The Morgan fingerprint density at radius 1 is 0.282 bits per heavy atom. The molecule has 11 aromatic carbocycles. The van der Waals surface area contributed by atoms with E-state index in [1.165, 1.54) is 93.5 Å². The first-order valence-corrected chi connectivity index (χ1v) is 24.9. The number of anilines is 6. The molecule has 14 rings (SSSR count). The molecule has 0 amide bonds. The van der Waals surface area contributed by atoms with Crippen molar-refractivity contribution in [2.45, 2.75) is 38.5 Å². The minimum absolute atomic E-state index is 0.301. The monoisotopic (exact) mass is 909 g/mol. The summed E-state index contributed by atoms with van der Waals surface area (Å²) in [6.45, 7) is 9.75. The van der Waals surface area contributed by atoms with Crippen molar-refractivity contribution < 1.29 is 0 Å². The summed E-state index contributed by atoms with van der Waals surface area (Å²) in [5.74, 6) is 0. The minimum Gasteiger partial charge on any atom is -0.310 e. The van der Waals surface area contributed by atoms with Crippen molar-refractivity contribution in [2.24, 2.45) is 0 Å². The van der Waals surface area contributed by atoms with E-state index in [0.29, 0.717) is 0 Å². The Hall–Kier alpha value is -8.66. The Kier molecular flexibility index (Phi) is 8.98. The van der Waals surface area contributed by atoms with Crippen molar-refractivity contribution in [3.05, 3.63) is 259 Å². The predicted octanol–water partition coefficient (Wildman–Crippen LogP) is 18.6. The van der Waals surface area contributed by atoms with E-state index in [1.54, 1.807) is 0 Å². The van der Waals surface area contributed by atoms with E-state index in [0.717, 1.165) is 34.1 Å². The summed E-state index contributed by atoms with van der Waals surface area (Å²) in [6.07, 6.45) is 0. The van der Waals surface area contributed by atoms with Crippen molar-refractivity contribution in [3.8, 4) is 27.9 Å². The van der Waals surface area contributed by atoms with E-state index in [9.17, 15) is 0 Å². The first-order valence-electron chi connectivity index (χ1n) is 24.9. The van der Waals surface area contributed by atoms with Gasteiger partial charge in [-0.1, -0.05) is 191 Å². The molecular formula is C68H51N3. The van der Waals surface area contributed by atoms with Crippen LogP contribution in [0.25, 0.3) is 71.3 Å². The predicted molar refractivity (Wildman–Crippen MR) is 300 cm³/mol. The molecule has 0 bridgehead atoms. The van der Waals surface area contributed by atoms with Crippen molar-refractivity contribution >= 4 is 77.5 Å². The van der Waals surface area contributed by atoms with Crippen molar-refractivity contribution in [2.75, 3.05) is 9.80 Å². The summed E-state index contributed by atoms with van der Waals surface area (Å²) in [5.41, 5.74) is 20.3. The molecule has 0 spiro atoms. The molecule has 0 aliphatic carbocycles. The second-order valence-electron chi connectivity index (χ2n) is 20.6. The smallest absolute Gasteiger partial charge is 0.0583 e. The number of benzene rings is 11. The molecule has 1 aromatic heterocycles. The zero-order chi connectivity index (χ0) is 47.6. The fourth-order valence-corrected chi connectivity index (χ4v) is 12.2. The van der Waals surface area contributed by atoms with Crippen LogP contribution in [0.2, 0.25) is 0 Å². The average molecular weight is 910 g/mol. The van der Waals surface area contributed by atoms with E-state index >= 15 is 0 Å². The van der Waals surface area contributed by atoms with Crippen LogP contribution < -0.4 is 9.80 Å². The van der Waals surface area contributed by atoms with Gasteiger partial charge < -0.3 is 14.4 Å². The van der Waals surface area contributed by atoms with Gasteiger partial charge in [-0.2, -0.15) is 0 Å². The van der Waals surface area contributed by atoms with Crippen LogP contribution in [0.5, 0.6) is 0 Å². The third-order valence-electron chi connectivity index (χ3n) is 15.8. The highest BCUT2D eigenvalue weighted by atomic mass is 15.2. The SMILES string of the molecule is CC1(C)c2cccc3c2-n2c4c1cc(N(c1ccc(-c5ccccc5)cc1)c1ccc5ccccc5c1)cc4c1cc(N(c4ccc(-c5ccccc5)cc4)c4ccc5ccccc5c4)cc(c12)C3(C)C. The summed E-state index contributed by atoms with van der Waals surface area (Å²) in [4.78, 5) is 4.96. The van der Waals surface area contributed by atoms with Gasteiger partial charge in [0.15, 0.2) is 0 Å². The quantitative estimate of drug-likeness (QED) is 0.150. The summed E-state index contributed by atoms with van der Waals surface area (Å²) in [7, 11) is 0. The highest BCUT2D eigenvalue weighted by Gasteiger charge is 2.44. The number of nitrogens with zero attached hydrogens (tertiary/aromatic N) is 3. The van der Waals surface area contributed by atoms with Gasteiger partial charge >= 0.3 is 0 Å². The van der Waals surface area contributed by atoms with E-state index in [4.69, 9.17) is 0 Å². The Morgan fingerprint density at radius 2 is 0.648 bits per heavy atom. The fourth-order valence-electron chi connectivity index (χ4n) is 12.2. The second kappa shape index (κ2) is 15.4. The lowest BCUT2D eigenvalue weighted by Crippen LogP contribution is -2.33. The van der Waals surface area contributed by atoms with Crippen LogP contribution in [0.4, 0.5) is 34.1 Å². The van der Waals surface area contributed by atoms with Crippen molar-refractivity contribution in [3.63, 3.8) is 0 Å². The minimum atomic E-state index is -0.301.